The molecule has 0 saturated heterocycles. The van der Waals surface area contributed by atoms with E-state index in [0.717, 1.165) is 0 Å². The van der Waals surface area contributed by atoms with Crippen LogP contribution in [0.3, 0.4) is 0 Å². The van der Waals surface area contributed by atoms with Gasteiger partial charge in [-0.05, 0) is 30.5 Å². The summed E-state index contributed by atoms with van der Waals surface area (Å²) in [5, 5.41) is 0. The Bertz CT molecular complexity index is 335. The summed E-state index contributed by atoms with van der Waals surface area (Å²) < 4.78 is 0. The third-order valence-electron chi connectivity index (χ3n) is 3.19. The molecule has 1 heteroatoms. The molecule has 0 bridgehead atoms. The van der Waals surface area contributed by atoms with Crippen LogP contribution in [0.2, 0.25) is 0 Å². The Kier molecular flexibility index (Phi) is 7.24. The van der Waals surface area contributed by atoms with E-state index in [-0.39, 0.29) is 0 Å². The third-order valence-corrected chi connectivity index (χ3v) is 3.19. The summed E-state index contributed by atoms with van der Waals surface area (Å²) in [6.07, 6.45) is 12.5. The highest BCUT2D eigenvalue weighted by atomic mass is 15.1. The van der Waals surface area contributed by atoms with Crippen molar-refractivity contribution in [1.29, 1.82) is 0 Å². The van der Waals surface area contributed by atoms with E-state index < -0.39 is 0 Å². The van der Waals surface area contributed by atoms with E-state index >= 15 is 0 Å². The number of anilines is 1. The molecule has 0 amide bonds. The normalized spacial score (nSPS) is 11.1. The summed E-state index contributed by atoms with van der Waals surface area (Å²) in [5.74, 6) is 0. The number of allylic oxidation sites excluding steroid dienone is 1. The molecular weight excluding hydrogens is 218 g/mol. The topological polar surface area (TPSA) is 3.24 Å². The van der Waals surface area contributed by atoms with Crippen LogP contribution in [0.5, 0.6) is 0 Å². The lowest BCUT2D eigenvalue weighted by atomic mass is 10.1. The summed E-state index contributed by atoms with van der Waals surface area (Å²) in [7, 11) is 4.14. The lowest BCUT2D eigenvalue weighted by molar-refractivity contribution is 0.638. The van der Waals surface area contributed by atoms with Gasteiger partial charge in [0, 0.05) is 19.8 Å². The maximum Gasteiger partial charge on any atom is 0.0361 e. The minimum absolute atomic E-state index is 1.21. The Labute approximate surface area is 113 Å². The van der Waals surface area contributed by atoms with Crippen LogP contribution in [-0.2, 0) is 0 Å². The van der Waals surface area contributed by atoms with Crippen LogP contribution in [-0.4, -0.2) is 14.1 Å². The van der Waals surface area contributed by atoms with Gasteiger partial charge in [0.1, 0.15) is 0 Å². The molecule has 0 spiro atoms. The maximum absolute atomic E-state index is 2.30. The summed E-state index contributed by atoms with van der Waals surface area (Å²) in [4.78, 5) is 2.13. The highest BCUT2D eigenvalue weighted by molar-refractivity contribution is 5.55. The van der Waals surface area contributed by atoms with Crippen molar-refractivity contribution in [1.82, 2.24) is 0 Å². The van der Waals surface area contributed by atoms with Gasteiger partial charge in [-0.15, -0.1) is 0 Å². The molecule has 0 aliphatic rings. The van der Waals surface area contributed by atoms with Crippen molar-refractivity contribution < 1.29 is 0 Å². The molecule has 0 aliphatic carbocycles. The predicted octanol–water partition coefficient (Wildman–Crippen LogP) is 5.13. The Morgan fingerprint density at radius 2 is 1.61 bits per heavy atom. The van der Waals surface area contributed by atoms with Crippen molar-refractivity contribution in [3.8, 4) is 0 Å². The minimum Gasteiger partial charge on any atom is -0.378 e. The van der Waals surface area contributed by atoms with Gasteiger partial charge in [0.15, 0.2) is 0 Å². The molecule has 0 saturated carbocycles. The van der Waals surface area contributed by atoms with Gasteiger partial charge in [-0.1, -0.05) is 56.9 Å². The second kappa shape index (κ2) is 8.79. The van der Waals surface area contributed by atoms with Crippen LogP contribution in [0, 0.1) is 0 Å². The lowest BCUT2D eigenvalue weighted by Crippen LogP contribution is -2.07. The third kappa shape index (κ3) is 5.90. The summed E-state index contributed by atoms with van der Waals surface area (Å²) in [6, 6.07) is 8.70. The van der Waals surface area contributed by atoms with Crippen LogP contribution in [0.25, 0.3) is 6.08 Å². The average Bonchev–Trinajstić information content (AvgIpc) is 2.38. The molecule has 1 nitrogen and oxygen atoms in total. The number of hydrogen-bond donors (Lipinski definition) is 0. The highest BCUT2D eigenvalue weighted by Gasteiger charge is 1.93. The molecule has 0 aromatic heterocycles. The van der Waals surface area contributed by atoms with E-state index in [1.165, 1.54) is 49.8 Å². The number of nitrogens with zero attached hydrogens (tertiary/aromatic N) is 1. The summed E-state index contributed by atoms with van der Waals surface area (Å²) in [6.45, 7) is 2.26. The molecule has 0 N–H and O–H groups in total. The fourth-order valence-electron chi connectivity index (χ4n) is 1.97. The van der Waals surface area contributed by atoms with Gasteiger partial charge < -0.3 is 4.90 Å². The monoisotopic (exact) mass is 245 g/mol. The lowest BCUT2D eigenvalue weighted by Gasteiger charge is -2.11. The first-order chi connectivity index (χ1) is 8.74. The van der Waals surface area contributed by atoms with Gasteiger partial charge in [-0.2, -0.15) is 0 Å². The minimum atomic E-state index is 1.21. The second-order valence-electron chi connectivity index (χ2n) is 5.09. The molecule has 0 fully saturated rings. The van der Waals surface area contributed by atoms with Gasteiger partial charge in [0.05, 0.1) is 0 Å². The molecule has 0 aliphatic heterocycles. The first kappa shape index (κ1) is 14.8. The van der Waals surface area contributed by atoms with Gasteiger partial charge in [-0.25, -0.2) is 0 Å². The van der Waals surface area contributed by atoms with Crippen LogP contribution >= 0.6 is 0 Å². The summed E-state index contributed by atoms with van der Waals surface area (Å²) in [5.41, 5.74) is 2.56. The molecule has 1 aromatic rings. The smallest absolute Gasteiger partial charge is 0.0361 e. The van der Waals surface area contributed by atoms with E-state index in [2.05, 4.69) is 62.3 Å². The number of unbranched alkanes of at least 4 members (excludes halogenated alkanes) is 5. The zero-order chi connectivity index (χ0) is 13.2. The highest BCUT2D eigenvalue weighted by Crippen LogP contribution is 2.14. The zero-order valence-electron chi connectivity index (χ0n) is 12.2. The van der Waals surface area contributed by atoms with Crippen LogP contribution in [0.15, 0.2) is 30.3 Å². The van der Waals surface area contributed by atoms with Crippen molar-refractivity contribution in [3.63, 3.8) is 0 Å². The quantitative estimate of drug-likeness (QED) is 0.574. The van der Waals surface area contributed by atoms with Gasteiger partial charge in [-0.3, -0.25) is 0 Å². The van der Waals surface area contributed by atoms with E-state index in [1.54, 1.807) is 0 Å². The average molecular weight is 245 g/mol. The van der Waals surface area contributed by atoms with Crippen molar-refractivity contribution >= 4 is 11.8 Å². The van der Waals surface area contributed by atoms with Crippen molar-refractivity contribution in [2.24, 2.45) is 0 Å². The maximum atomic E-state index is 2.30. The van der Waals surface area contributed by atoms with E-state index in [9.17, 15) is 0 Å². The zero-order valence-corrected chi connectivity index (χ0v) is 12.2. The van der Waals surface area contributed by atoms with Crippen LogP contribution in [0.4, 0.5) is 5.69 Å². The molecule has 100 valence electrons. The van der Waals surface area contributed by atoms with Crippen molar-refractivity contribution in [3.05, 3.63) is 35.9 Å². The molecule has 18 heavy (non-hydrogen) atoms. The standard InChI is InChI=1S/C17H27N/c1-4-5-6-7-8-9-10-11-16-12-14-17(15-13-16)18(2)3/h10-15H,4-9H2,1-3H3. The van der Waals surface area contributed by atoms with Gasteiger partial charge in [0.2, 0.25) is 0 Å². The summed E-state index contributed by atoms with van der Waals surface area (Å²) >= 11 is 0. The molecule has 0 atom stereocenters. The first-order valence-electron chi connectivity index (χ1n) is 7.18. The van der Waals surface area contributed by atoms with Crippen LogP contribution < -0.4 is 4.90 Å². The molecule has 1 rings (SSSR count). The predicted molar refractivity (Wildman–Crippen MR) is 83.2 cm³/mol. The van der Waals surface area contributed by atoms with Gasteiger partial charge in [0.25, 0.3) is 0 Å². The van der Waals surface area contributed by atoms with E-state index in [1.807, 2.05) is 0 Å². The number of hydrogen-bond acceptors (Lipinski definition) is 1. The molecular formula is C17H27N. The Hall–Kier alpha value is -1.24. The molecule has 1 aromatic carbocycles. The molecule has 0 unspecified atom stereocenters. The molecule has 0 heterocycles. The number of rotatable bonds is 8. The Morgan fingerprint density at radius 3 is 2.22 bits per heavy atom. The first-order valence-corrected chi connectivity index (χ1v) is 7.18. The van der Waals surface area contributed by atoms with Crippen molar-refractivity contribution in [2.45, 2.75) is 45.4 Å². The van der Waals surface area contributed by atoms with E-state index in [4.69, 9.17) is 0 Å². The fraction of sp³-hybridized carbons (Fsp3) is 0.529. The largest absolute Gasteiger partial charge is 0.378 e. The Balaban J connectivity index is 2.25. The fourth-order valence-corrected chi connectivity index (χ4v) is 1.97. The van der Waals surface area contributed by atoms with Gasteiger partial charge >= 0.3 is 0 Å². The number of benzene rings is 1. The van der Waals surface area contributed by atoms with E-state index in [0.29, 0.717) is 0 Å². The Morgan fingerprint density at radius 1 is 0.944 bits per heavy atom. The molecule has 0 radical (unpaired) electrons. The van der Waals surface area contributed by atoms with Crippen molar-refractivity contribution in [2.75, 3.05) is 19.0 Å². The second-order valence-corrected chi connectivity index (χ2v) is 5.09. The van der Waals surface area contributed by atoms with Crippen LogP contribution in [0.1, 0.15) is 51.0 Å². The SMILES string of the molecule is CCCCCCCC=Cc1ccc(N(C)C)cc1.